The maximum atomic E-state index is 11.6. The van der Waals surface area contributed by atoms with Crippen LogP contribution in [0.4, 0.5) is 0 Å². The van der Waals surface area contributed by atoms with E-state index < -0.39 is 21.2 Å². The van der Waals surface area contributed by atoms with Crippen molar-refractivity contribution < 1.29 is 13.5 Å². The van der Waals surface area contributed by atoms with Crippen molar-refractivity contribution in [2.75, 3.05) is 5.75 Å². The van der Waals surface area contributed by atoms with E-state index in [0.717, 1.165) is 0 Å². The molecular weight excluding hydrogens is 212 g/mol. The largest absolute Gasteiger partial charge is 0.387 e. The molecule has 2 atom stereocenters. The van der Waals surface area contributed by atoms with E-state index in [9.17, 15) is 13.5 Å². The second kappa shape index (κ2) is 4.77. The third-order valence-electron chi connectivity index (χ3n) is 2.55. The summed E-state index contributed by atoms with van der Waals surface area (Å²) in [4.78, 5) is 0. The lowest BCUT2D eigenvalue weighted by Crippen LogP contribution is -2.26. The summed E-state index contributed by atoms with van der Waals surface area (Å²) in [5.41, 5.74) is 0.641. The third kappa shape index (κ3) is 2.79. The molecule has 15 heavy (non-hydrogen) atoms. The molecule has 4 heteroatoms. The van der Waals surface area contributed by atoms with Crippen LogP contribution in [0.25, 0.3) is 0 Å². The average Bonchev–Trinajstić information content (AvgIpc) is 2.28. The molecule has 0 aliphatic carbocycles. The van der Waals surface area contributed by atoms with E-state index in [4.69, 9.17) is 0 Å². The summed E-state index contributed by atoms with van der Waals surface area (Å²) in [6, 6.07) is 8.85. The zero-order chi connectivity index (χ0) is 11.5. The highest BCUT2D eigenvalue weighted by Gasteiger charge is 2.27. The first-order valence-corrected chi connectivity index (χ1v) is 6.65. The van der Waals surface area contributed by atoms with E-state index in [-0.39, 0.29) is 5.75 Å². The van der Waals surface area contributed by atoms with Crippen molar-refractivity contribution in [3.05, 3.63) is 35.9 Å². The van der Waals surface area contributed by atoms with Gasteiger partial charge in [0.25, 0.3) is 0 Å². The Morgan fingerprint density at radius 1 is 1.27 bits per heavy atom. The van der Waals surface area contributed by atoms with E-state index in [1.54, 1.807) is 31.2 Å². The predicted octanol–water partition coefficient (Wildman–Crippen LogP) is 1.54. The first kappa shape index (κ1) is 12.2. The molecule has 0 unspecified atom stereocenters. The zero-order valence-corrected chi connectivity index (χ0v) is 9.74. The summed E-state index contributed by atoms with van der Waals surface area (Å²) in [5.74, 6) is 0.0536. The van der Waals surface area contributed by atoms with Gasteiger partial charge in [-0.15, -0.1) is 0 Å². The highest BCUT2D eigenvalue weighted by atomic mass is 32.2. The van der Waals surface area contributed by atoms with Gasteiger partial charge < -0.3 is 5.11 Å². The summed E-state index contributed by atoms with van der Waals surface area (Å²) in [6.45, 7) is 3.13. The van der Waals surface area contributed by atoms with Crippen molar-refractivity contribution >= 4 is 9.84 Å². The Kier molecular flexibility index (Phi) is 3.88. The Labute approximate surface area is 90.7 Å². The Hall–Kier alpha value is -0.870. The standard InChI is InChI=1S/C11H16O3S/c1-3-15(13,14)9(2)11(12)10-7-5-4-6-8-10/h4-9,11-12H,3H2,1-2H3/t9-,11-/m0/s1. The fraction of sp³-hybridized carbons (Fsp3) is 0.455. The van der Waals surface area contributed by atoms with Crippen LogP contribution < -0.4 is 0 Å². The van der Waals surface area contributed by atoms with Gasteiger partial charge in [-0.05, 0) is 12.5 Å². The SMILES string of the molecule is CCS(=O)(=O)[C@@H](C)[C@H](O)c1ccccc1. The van der Waals surface area contributed by atoms with Gasteiger partial charge >= 0.3 is 0 Å². The molecule has 84 valence electrons. The minimum atomic E-state index is -3.20. The Bertz CT molecular complexity index is 397. The Balaban J connectivity index is 2.92. The summed E-state index contributed by atoms with van der Waals surface area (Å²) < 4.78 is 23.1. The lowest BCUT2D eigenvalue weighted by molar-refractivity contribution is 0.176. The molecule has 0 aromatic heterocycles. The van der Waals surface area contributed by atoms with E-state index in [1.165, 1.54) is 6.92 Å². The van der Waals surface area contributed by atoms with E-state index in [0.29, 0.717) is 5.56 Å². The highest BCUT2D eigenvalue weighted by Crippen LogP contribution is 2.21. The van der Waals surface area contributed by atoms with Crippen LogP contribution in [0.2, 0.25) is 0 Å². The van der Waals surface area contributed by atoms with Crippen LogP contribution >= 0.6 is 0 Å². The Morgan fingerprint density at radius 2 is 1.80 bits per heavy atom. The monoisotopic (exact) mass is 228 g/mol. The van der Waals surface area contributed by atoms with Crippen LogP contribution in [0.3, 0.4) is 0 Å². The number of sulfone groups is 1. The second-order valence-corrected chi connectivity index (χ2v) is 6.16. The number of hydrogen-bond donors (Lipinski definition) is 1. The molecule has 0 radical (unpaired) electrons. The summed E-state index contributed by atoms with van der Waals surface area (Å²) in [7, 11) is -3.20. The molecule has 1 aromatic rings. The molecule has 1 N–H and O–H groups in total. The molecule has 1 rings (SSSR count). The minimum Gasteiger partial charge on any atom is -0.387 e. The number of hydrogen-bond acceptors (Lipinski definition) is 3. The van der Waals surface area contributed by atoms with Gasteiger partial charge in [0, 0.05) is 5.75 Å². The van der Waals surface area contributed by atoms with Gasteiger partial charge in [0.15, 0.2) is 9.84 Å². The van der Waals surface area contributed by atoms with Crippen molar-refractivity contribution in [1.82, 2.24) is 0 Å². The lowest BCUT2D eigenvalue weighted by atomic mass is 10.1. The predicted molar refractivity (Wildman–Crippen MR) is 60.3 cm³/mol. The summed E-state index contributed by atoms with van der Waals surface area (Å²) >= 11 is 0. The topological polar surface area (TPSA) is 54.4 Å². The van der Waals surface area contributed by atoms with E-state index in [2.05, 4.69) is 0 Å². The molecule has 0 bridgehead atoms. The summed E-state index contributed by atoms with van der Waals surface area (Å²) in [6.07, 6.45) is -0.948. The molecule has 0 heterocycles. The highest BCUT2D eigenvalue weighted by molar-refractivity contribution is 7.92. The van der Waals surface area contributed by atoms with Gasteiger partial charge in [-0.2, -0.15) is 0 Å². The molecule has 0 saturated carbocycles. The van der Waals surface area contributed by atoms with Crippen molar-refractivity contribution in [1.29, 1.82) is 0 Å². The van der Waals surface area contributed by atoms with Crippen LogP contribution in [0, 0.1) is 0 Å². The minimum absolute atomic E-state index is 0.0536. The van der Waals surface area contributed by atoms with Gasteiger partial charge in [0.1, 0.15) is 0 Å². The second-order valence-electron chi connectivity index (χ2n) is 3.51. The number of benzene rings is 1. The van der Waals surface area contributed by atoms with Crippen molar-refractivity contribution in [3.63, 3.8) is 0 Å². The lowest BCUT2D eigenvalue weighted by Gasteiger charge is -2.18. The van der Waals surface area contributed by atoms with Gasteiger partial charge in [-0.3, -0.25) is 0 Å². The smallest absolute Gasteiger partial charge is 0.155 e. The van der Waals surface area contributed by atoms with Gasteiger partial charge in [0.2, 0.25) is 0 Å². The number of aliphatic hydroxyl groups is 1. The quantitative estimate of drug-likeness (QED) is 0.850. The number of aliphatic hydroxyl groups excluding tert-OH is 1. The fourth-order valence-corrected chi connectivity index (χ4v) is 2.46. The van der Waals surface area contributed by atoms with Crippen molar-refractivity contribution in [2.45, 2.75) is 25.2 Å². The molecule has 0 fully saturated rings. The van der Waals surface area contributed by atoms with Gasteiger partial charge in [0.05, 0.1) is 11.4 Å². The van der Waals surface area contributed by atoms with Gasteiger partial charge in [-0.1, -0.05) is 37.3 Å². The first-order chi connectivity index (χ1) is 6.99. The van der Waals surface area contributed by atoms with Crippen LogP contribution in [0.1, 0.15) is 25.5 Å². The average molecular weight is 228 g/mol. The Morgan fingerprint density at radius 3 is 2.27 bits per heavy atom. The van der Waals surface area contributed by atoms with E-state index in [1.807, 2.05) is 6.07 Å². The molecular formula is C11H16O3S. The van der Waals surface area contributed by atoms with Crippen LogP contribution in [-0.2, 0) is 9.84 Å². The third-order valence-corrected chi connectivity index (χ3v) is 4.75. The van der Waals surface area contributed by atoms with Crippen LogP contribution in [-0.4, -0.2) is 24.5 Å². The van der Waals surface area contributed by atoms with E-state index >= 15 is 0 Å². The molecule has 0 aliphatic rings. The maximum Gasteiger partial charge on any atom is 0.155 e. The molecule has 0 spiro atoms. The van der Waals surface area contributed by atoms with Crippen molar-refractivity contribution in [3.8, 4) is 0 Å². The fourth-order valence-electron chi connectivity index (χ4n) is 1.38. The molecule has 0 saturated heterocycles. The van der Waals surface area contributed by atoms with Crippen LogP contribution in [0.5, 0.6) is 0 Å². The first-order valence-electron chi connectivity index (χ1n) is 4.93. The molecule has 0 amide bonds. The number of rotatable bonds is 4. The molecule has 1 aromatic carbocycles. The normalized spacial score (nSPS) is 15.9. The maximum absolute atomic E-state index is 11.6. The molecule has 3 nitrogen and oxygen atoms in total. The van der Waals surface area contributed by atoms with Crippen LogP contribution in [0.15, 0.2) is 30.3 Å². The van der Waals surface area contributed by atoms with Gasteiger partial charge in [-0.25, -0.2) is 8.42 Å². The zero-order valence-electron chi connectivity index (χ0n) is 8.92. The molecule has 0 aliphatic heterocycles. The summed E-state index contributed by atoms with van der Waals surface area (Å²) in [5, 5.41) is 9.12. The van der Waals surface area contributed by atoms with Crippen molar-refractivity contribution in [2.24, 2.45) is 0 Å².